The highest BCUT2D eigenvalue weighted by atomic mass is 16.3. The van der Waals surface area contributed by atoms with Gasteiger partial charge < -0.3 is 15.7 Å². The number of nitrogens with two attached hydrogens (primary N) is 1. The van der Waals surface area contributed by atoms with Crippen molar-refractivity contribution >= 4 is 23.0 Å². The Balaban J connectivity index is 1.74. The molecule has 2 aliphatic heterocycles. The van der Waals surface area contributed by atoms with Gasteiger partial charge in [0.15, 0.2) is 0 Å². The van der Waals surface area contributed by atoms with Gasteiger partial charge in [-0.3, -0.25) is 9.79 Å². The van der Waals surface area contributed by atoms with Crippen molar-refractivity contribution in [2.75, 3.05) is 11.4 Å². The van der Waals surface area contributed by atoms with Crippen LogP contribution in [0.5, 0.6) is 5.75 Å². The average Bonchev–Trinajstić information content (AvgIpc) is 3.16. The van der Waals surface area contributed by atoms with E-state index in [4.69, 9.17) is 5.73 Å². The minimum atomic E-state index is -0.129. The molecule has 2 aromatic rings. The molecule has 3 N–H and O–H groups in total. The lowest BCUT2D eigenvalue weighted by Crippen LogP contribution is -2.45. The van der Waals surface area contributed by atoms with Gasteiger partial charge in [0.2, 0.25) is 5.91 Å². The number of aromatic hydroxyl groups is 1. The fourth-order valence-electron chi connectivity index (χ4n) is 3.48. The Labute approximate surface area is 134 Å². The Kier molecular flexibility index (Phi) is 3.16. The minimum Gasteiger partial charge on any atom is -0.506 e. The normalized spacial score (nSPS) is 18.6. The third-order valence-corrected chi connectivity index (χ3v) is 4.53. The first-order valence-corrected chi connectivity index (χ1v) is 7.67. The van der Waals surface area contributed by atoms with Crippen molar-refractivity contribution in [2.45, 2.75) is 18.9 Å². The molecular formula is C18H17N3O2. The van der Waals surface area contributed by atoms with E-state index in [1.807, 2.05) is 36.4 Å². The largest absolute Gasteiger partial charge is 0.506 e. The second-order valence-electron chi connectivity index (χ2n) is 5.88. The Hall–Kier alpha value is -2.66. The Bertz CT molecular complexity index is 829. The molecule has 23 heavy (non-hydrogen) atoms. The summed E-state index contributed by atoms with van der Waals surface area (Å²) in [4.78, 5) is 18.8. The van der Waals surface area contributed by atoms with E-state index >= 15 is 0 Å². The van der Waals surface area contributed by atoms with Crippen LogP contribution in [0.15, 0.2) is 47.5 Å². The van der Waals surface area contributed by atoms with Gasteiger partial charge in [0.25, 0.3) is 0 Å². The maximum Gasteiger partial charge on any atom is 0.241 e. The number of rotatable bonds is 2. The molecule has 1 unspecified atom stereocenters. The summed E-state index contributed by atoms with van der Waals surface area (Å²) in [6.07, 6.45) is 1.38. The molecule has 116 valence electrons. The lowest BCUT2D eigenvalue weighted by Gasteiger charge is -2.25. The molecule has 2 aliphatic rings. The Morgan fingerprint density at radius 3 is 2.78 bits per heavy atom. The first-order chi connectivity index (χ1) is 11.2. The third-order valence-electron chi connectivity index (χ3n) is 4.53. The van der Waals surface area contributed by atoms with E-state index in [1.165, 1.54) is 0 Å². The van der Waals surface area contributed by atoms with E-state index in [-0.39, 0.29) is 24.2 Å². The summed E-state index contributed by atoms with van der Waals surface area (Å²) in [6, 6.07) is 13.2. The fourth-order valence-corrected chi connectivity index (χ4v) is 3.48. The van der Waals surface area contributed by atoms with Crippen LogP contribution in [0, 0.1) is 0 Å². The van der Waals surface area contributed by atoms with Crippen molar-refractivity contribution < 1.29 is 9.90 Å². The summed E-state index contributed by atoms with van der Waals surface area (Å²) >= 11 is 0. The number of carbonyl (C=O) groups excluding carboxylic acids is 1. The third kappa shape index (κ3) is 2.12. The number of phenolic OH excluding ortho intramolecular Hbond substituents is 1. The first kappa shape index (κ1) is 14.0. The molecular weight excluding hydrogens is 290 g/mol. The number of hydrogen-bond donors (Lipinski definition) is 2. The van der Waals surface area contributed by atoms with Gasteiger partial charge in [-0.1, -0.05) is 30.3 Å². The molecule has 4 rings (SSSR count). The Morgan fingerprint density at radius 1 is 1.22 bits per heavy atom. The number of para-hydroxylation sites is 2. The lowest BCUT2D eigenvalue weighted by atomic mass is 10.0. The molecule has 0 aromatic heterocycles. The first-order valence-electron chi connectivity index (χ1n) is 7.67. The van der Waals surface area contributed by atoms with E-state index in [0.717, 1.165) is 28.9 Å². The zero-order valence-electron chi connectivity index (χ0n) is 12.6. The summed E-state index contributed by atoms with van der Waals surface area (Å²) in [7, 11) is 0. The van der Waals surface area contributed by atoms with Gasteiger partial charge >= 0.3 is 0 Å². The van der Waals surface area contributed by atoms with Crippen LogP contribution in [-0.4, -0.2) is 29.3 Å². The molecule has 0 spiro atoms. The highest BCUT2D eigenvalue weighted by molar-refractivity contribution is 6.09. The number of phenols is 1. The second kappa shape index (κ2) is 5.21. The van der Waals surface area contributed by atoms with Crippen LogP contribution in [0.25, 0.3) is 0 Å². The predicted octanol–water partition coefficient (Wildman–Crippen LogP) is 1.94. The number of benzene rings is 2. The molecule has 0 saturated carbocycles. The molecule has 0 fully saturated rings. The summed E-state index contributed by atoms with van der Waals surface area (Å²) < 4.78 is 0. The van der Waals surface area contributed by atoms with Gasteiger partial charge in [-0.25, -0.2) is 0 Å². The second-order valence-corrected chi connectivity index (χ2v) is 5.88. The van der Waals surface area contributed by atoms with E-state index in [9.17, 15) is 9.90 Å². The Morgan fingerprint density at radius 2 is 2.00 bits per heavy atom. The molecule has 2 aromatic carbocycles. The van der Waals surface area contributed by atoms with Gasteiger partial charge in [0.1, 0.15) is 11.4 Å². The maximum absolute atomic E-state index is 12.4. The number of fused-ring (bicyclic) bond motifs is 2. The van der Waals surface area contributed by atoms with E-state index in [1.54, 1.807) is 11.0 Å². The SMILES string of the molecule is NCC(=O)N1c2ccccc2CC1C1=Nc2c(O)cccc2C1. The molecule has 0 aliphatic carbocycles. The van der Waals surface area contributed by atoms with Crippen LogP contribution >= 0.6 is 0 Å². The molecule has 1 amide bonds. The zero-order valence-corrected chi connectivity index (χ0v) is 12.6. The molecule has 5 nitrogen and oxygen atoms in total. The highest BCUT2D eigenvalue weighted by Gasteiger charge is 2.37. The lowest BCUT2D eigenvalue weighted by molar-refractivity contribution is -0.117. The smallest absolute Gasteiger partial charge is 0.241 e. The fraction of sp³-hybridized carbons (Fsp3) is 0.222. The summed E-state index contributed by atoms with van der Waals surface area (Å²) in [5.41, 5.74) is 10.2. The maximum atomic E-state index is 12.4. The minimum absolute atomic E-state index is 0.0314. The van der Waals surface area contributed by atoms with Crippen LogP contribution in [0.1, 0.15) is 11.1 Å². The van der Waals surface area contributed by atoms with Crippen LogP contribution < -0.4 is 10.6 Å². The van der Waals surface area contributed by atoms with Crippen molar-refractivity contribution in [2.24, 2.45) is 10.7 Å². The van der Waals surface area contributed by atoms with E-state index in [0.29, 0.717) is 12.1 Å². The van der Waals surface area contributed by atoms with E-state index < -0.39 is 0 Å². The van der Waals surface area contributed by atoms with Crippen molar-refractivity contribution in [3.05, 3.63) is 53.6 Å². The van der Waals surface area contributed by atoms with Gasteiger partial charge in [-0.2, -0.15) is 0 Å². The van der Waals surface area contributed by atoms with Gasteiger partial charge in [0, 0.05) is 24.2 Å². The van der Waals surface area contributed by atoms with Gasteiger partial charge in [-0.15, -0.1) is 0 Å². The molecule has 1 atom stereocenters. The number of carbonyl (C=O) groups is 1. The van der Waals surface area contributed by atoms with Crippen LogP contribution in [0.4, 0.5) is 11.4 Å². The average molecular weight is 307 g/mol. The van der Waals surface area contributed by atoms with Crippen LogP contribution in [0.2, 0.25) is 0 Å². The van der Waals surface area contributed by atoms with Crippen molar-refractivity contribution in [1.29, 1.82) is 0 Å². The van der Waals surface area contributed by atoms with Crippen molar-refractivity contribution in [3.63, 3.8) is 0 Å². The van der Waals surface area contributed by atoms with Crippen LogP contribution in [-0.2, 0) is 17.6 Å². The number of aliphatic imine (C=N–C) groups is 1. The number of amides is 1. The highest BCUT2D eigenvalue weighted by Crippen LogP contribution is 2.39. The predicted molar refractivity (Wildman–Crippen MR) is 89.4 cm³/mol. The van der Waals surface area contributed by atoms with Crippen LogP contribution in [0.3, 0.4) is 0 Å². The van der Waals surface area contributed by atoms with Gasteiger partial charge in [0.05, 0.1) is 12.6 Å². The summed E-state index contributed by atoms with van der Waals surface area (Å²) in [5.74, 6) is 0.0764. The molecule has 5 heteroatoms. The topological polar surface area (TPSA) is 78.9 Å². The van der Waals surface area contributed by atoms with Crippen molar-refractivity contribution in [1.82, 2.24) is 0 Å². The quantitative estimate of drug-likeness (QED) is 0.890. The summed E-state index contributed by atoms with van der Waals surface area (Å²) in [6.45, 7) is -0.0314. The van der Waals surface area contributed by atoms with Gasteiger partial charge in [-0.05, 0) is 23.3 Å². The zero-order chi connectivity index (χ0) is 16.0. The number of hydrogen-bond acceptors (Lipinski definition) is 4. The van der Waals surface area contributed by atoms with Crippen molar-refractivity contribution in [3.8, 4) is 5.75 Å². The standard InChI is InChI=1S/C18H17N3O2/c19-10-17(23)21-14-6-2-1-4-11(14)9-15(21)13-8-12-5-3-7-16(22)18(12)20-13/h1-7,15,22H,8-10,19H2. The molecule has 0 radical (unpaired) electrons. The molecule has 0 saturated heterocycles. The molecule has 0 bridgehead atoms. The molecule has 2 heterocycles. The van der Waals surface area contributed by atoms with E-state index in [2.05, 4.69) is 4.99 Å². The monoisotopic (exact) mass is 307 g/mol. The summed E-state index contributed by atoms with van der Waals surface area (Å²) in [5, 5.41) is 9.98. The number of nitrogens with zero attached hydrogens (tertiary/aromatic N) is 2. The number of anilines is 1.